The van der Waals surface area contributed by atoms with Crippen LogP contribution in [0.4, 0.5) is 0 Å². The largest absolute Gasteiger partial charge is 0.383 e. The number of hydrogen-bond donors (Lipinski definition) is 1. The summed E-state index contributed by atoms with van der Waals surface area (Å²) in [7, 11) is 1.77. The summed E-state index contributed by atoms with van der Waals surface area (Å²) >= 11 is 6.25. The van der Waals surface area contributed by atoms with Crippen LogP contribution in [-0.2, 0) is 7.05 Å². The molecule has 0 spiro atoms. The van der Waals surface area contributed by atoms with Crippen LogP contribution in [0.1, 0.15) is 22.9 Å². The SMILES string of the molecule is Cc1nn(C)c(Cl)c1C(O)c1cccc2ccccc12. The summed E-state index contributed by atoms with van der Waals surface area (Å²) in [5, 5.41) is 17.6. The minimum atomic E-state index is -0.776. The first-order valence-corrected chi connectivity index (χ1v) is 6.82. The molecule has 1 N–H and O–H groups in total. The lowest BCUT2D eigenvalue weighted by Gasteiger charge is -2.14. The first-order chi connectivity index (χ1) is 9.59. The summed E-state index contributed by atoms with van der Waals surface area (Å²) in [6.45, 7) is 1.86. The summed E-state index contributed by atoms with van der Waals surface area (Å²) in [6.07, 6.45) is -0.776. The number of hydrogen-bond acceptors (Lipinski definition) is 2. The number of fused-ring (bicyclic) bond motifs is 1. The maximum atomic E-state index is 10.7. The highest BCUT2D eigenvalue weighted by molar-refractivity contribution is 6.30. The average molecular weight is 287 g/mol. The summed E-state index contributed by atoms with van der Waals surface area (Å²) in [5.41, 5.74) is 2.27. The molecule has 0 saturated carbocycles. The molecule has 0 amide bonds. The van der Waals surface area contributed by atoms with E-state index in [9.17, 15) is 5.11 Å². The standard InChI is InChI=1S/C16H15ClN2O/c1-10-14(16(17)19(2)18-10)15(20)13-9-5-7-11-6-3-4-8-12(11)13/h3-9,15,20H,1-2H3. The van der Waals surface area contributed by atoms with Gasteiger partial charge in [0.1, 0.15) is 11.3 Å². The summed E-state index contributed by atoms with van der Waals surface area (Å²) in [4.78, 5) is 0. The fourth-order valence-corrected chi connectivity index (χ4v) is 2.88. The van der Waals surface area contributed by atoms with E-state index in [0.29, 0.717) is 10.7 Å². The van der Waals surface area contributed by atoms with Gasteiger partial charge in [-0.2, -0.15) is 5.10 Å². The van der Waals surface area contributed by atoms with Gasteiger partial charge in [0.05, 0.1) is 5.69 Å². The van der Waals surface area contributed by atoms with E-state index in [1.807, 2.05) is 49.4 Å². The van der Waals surface area contributed by atoms with Crippen LogP contribution in [-0.4, -0.2) is 14.9 Å². The molecule has 3 rings (SSSR count). The Morgan fingerprint density at radius 2 is 1.85 bits per heavy atom. The number of nitrogens with zero attached hydrogens (tertiary/aromatic N) is 2. The molecular weight excluding hydrogens is 272 g/mol. The average Bonchev–Trinajstić information content (AvgIpc) is 2.71. The molecule has 1 aromatic heterocycles. The summed E-state index contributed by atoms with van der Waals surface area (Å²) < 4.78 is 1.58. The Balaban J connectivity index is 2.20. The van der Waals surface area contributed by atoms with Gasteiger partial charge in [-0.3, -0.25) is 4.68 Å². The second-order valence-electron chi connectivity index (χ2n) is 4.88. The number of halogens is 1. The molecule has 1 unspecified atom stereocenters. The molecule has 0 aliphatic carbocycles. The zero-order chi connectivity index (χ0) is 14.3. The van der Waals surface area contributed by atoms with Gasteiger partial charge in [0.2, 0.25) is 0 Å². The van der Waals surface area contributed by atoms with Crippen molar-refractivity contribution in [1.82, 2.24) is 9.78 Å². The number of aromatic nitrogens is 2. The Kier molecular flexibility index (Phi) is 3.24. The third kappa shape index (κ3) is 1.99. The topological polar surface area (TPSA) is 38.0 Å². The van der Waals surface area contributed by atoms with Crippen LogP contribution in [0.25, 0.3) is 10.8 Å². The lowest BCUT2D eigenvalue weighted by atomic mass is 9.96. The molecule has 0 fully saturated rings. The van der Waals surface area contributed by atoms with E-state index in [1.54, 1.807) is 11.7 Å². The monoisotopic (exact) mass is 286 g/mol. The van der Waals surface area contributed by atoms with Crippen LogP contribution in [0, 0.1) is 6.92 Å². The fraction of sp³-hybridized carbons (Fsp3) is 0.188. The van der Waals surface area contributed by atoms with Gasteiger partial charge in [0.25, 0.3) is 0 Å². The van der Waals surface area contributed by atoms with Gasteiger partial charge >= 0.3 is 0 Å². The van der Waals surface area contributed by atoms with E-state index in [2.05, 4.69) is 5.10 Å². The first kappa shape index (κ1) is 13.2. The van der Waals surface area contributed by atoms with E-state index in [-0.39, 0.29) is 0 Å². The Morgan fingerprint density at radius 3 is 2.55 bits per heavy atom. The van der Waals surface area contributed by atoms with Gasteiger partial charge in [-0.05, 0) is 23.3 Å². The van der Waals surface area contributed by atoms with Crippen molar-refractivity contribution in [3.63, 3.8) is 0 Å². The molecule has 0 saturated heterocycles. The van der Waals surface area contributed by atoms with Crippen LogP contribution in [0.2, 0.25) is 5.15 Å². The van der Waals surface area contributed by atoms with Crippen molar-refractivity contribution < 1.29 is 5.11 Å². The van der Waals surface area contributed by atoms with Crippen molar-refractivity contribution in [1.29, 1.82) is 0 Å². The van der Waals surface area contributed by atoms with Crippen molar-refractivity contribution in [2.45, 2.75) is 13.0 Å². The quantitative estimate of drug-likeness (QED) is 0.781. The highest BCUT2D eigenvalue weighted by Gasteiger charge is 2.22. The van der Waals surface area contributed by atoms with E-state index in [4.69, 9.17) is 11.6 Å². The number of aliphatic hydroxyl groups excluding tert-OH is 1. The van der Waals surface area contributed by atoms with E-state index >= 15 is 0 Å². The molecule has 0 radical (unpaired) electrons. The van der Waals surface area contributed by atoms with Crippen LogP contribution in [0.3, 0.4) is 0 Å². The number of aryl methyl sites for hydroxylation is 2. The zero-order valence-electron chi connectivity index (χ0n) is 11.3. The molecule has 0 aliphatic rings. The number of rotatable bonds is 2. The van der Waals surface area contributed by atoms with Crippen molar-refractivity contribution in [2.24, 2.45) is 7.05 Å². The fourth-order valence-electron chi connectivity index (χ4n) is 2.60. The first-order valence-electron chi connectivity index (χ1n) is 6.44. The maximum Gasteiger partial charge on any atom is 0.133 e. The van der Waals surface area contributed by atoms with Crippen LogP contribution in [0.15, 0.2) is 42.5 Å². The van der Waals surface area contributed by atoms with E-state index in [0.717, 1.165) is 22.0 Å². The van der Waals surface area contributed by atoms with Crippen molar-refractivity contribution >= 4 is 22.4 Å². The third-order valence-electron chi connectivity index (χ3n) is 3.59. The third-order valence-corrected chi connectivity index (χ3v) is 4.04. The van der Waals surface area contributed by atoms with Crippen LogP contribution >= 0.6 is 11.6 Å². The van der Waals surface area contributed by atoms with Gasteiger partial charge in [-0.15, -0.1) is 0 Å². The molecule has 0 bridgehead atoms. The molecule has 3 aromatic rings. The van der Waals surface area contributed by atoms with Crippen molar-refractivity contribution in [3.05, 3.63) is 64.4 Å². The molecule has 20 heavy (non-hydrogen) atoms. The molecule has 0 aliphatic heterocycles. The van der Waals surface area contributed by atoms with Gasteiger partial charge in [-0.1, -0.05) is 54.1 Å². The molecule has 1 atom stereocenters. The van der Waals surface area contributed by atoms with Gasteiger partial charge < -0.3 is 5.11 Å². The van der Waals surface area contributed by atoms with Crippen molar-refractivity contribution in [3.8, 4) is 0 Å². The van der Waals surface area contributed by atoms with Gasteiger partial charge in [0, 0.05) is 12.6 Å². The van der Waals surface area contributed by atoms with E-state index < -0.39 is 6.10 Å². The Hall–Kier alpha value is -1.84. The number of aliphatic hydroxyl groups is 1. The molecule has 102 valence electrons. The highest BCUT2D eigenvalue weighted by Crippen LogP contribution is 2.34. The molecule has 2 aromatic carbocycles. The second kappa shape index (κ2) is 4.93. The second-order valence-corrected chi connectivity index (χ2v) is 5.24. The lowest BCUT2D eigenvalue weighted by molar-refractivity contribution is 0.221. The Labute approximate surface area is 122 Å². The number of benzene rings is 2. The minimum absolute atomic E-state index is 0.475. The molecule has 4 heteroatoms. The normalized spacial score (nSPS) is 12.8. The highest BCUT2D eigenvalue weighted by atomic mass is 35.5. The lowest BCUT2D eigenvalue weighted by Crippen LogP contribution is -2.02. The summed E-state index contributed by atoms with van der Waals surface area (Å²) in [6, 6.07) is 13.9. The maximum absolute atomic E-state index is 10.7. The summed E-state index contributed by atoms with van der Waals surface area (Å²) in [5.74, 6) is 0. The molecule has 1 heterocycles. The van der Waals surface area contributed by atoms with Crippen LogP contribution < -0.4 is 0 Å². The minimum Gasteiger partial charge on any atom is -0.383 e. The zero-order valence-corrected chi connectivity index (χ0v) is 12.1. The van der Waals surface area contributed by atoms with Gasteiger partial charge in [-0.25, -0.2) is 0 Å². The predicted molar refractivity (Wildman–Crippen MR) is 81.0 cm³/mol. The van der Waals surface area contributed by atoms with Gasteiger partial charge in [0.15, 0.2) is 0 Å². The Morgan fingerprint density at radius 1 is 1.15 bits per heavy atom. The predicted octanol–water partition coefficient (Wildman–Crippen LogP) is 3.62. The molecule has 3 nitrogen and oxygen atoms in total. The molecular formula is C16H15ClN2O. The van der Waals surface area contributed by atoms with E-state index in [1.165, 1.54) is 0 Å². The van der Waals surface area contributed by atoms with Crippen LogP contribution in [0.5, 0.6) is 0 Å². The smallest absolute Gasteiger partial charge is 0.133 e. The Bertz CT molecular complexity index is 774. The van der Waals surface area contributed by atoms with Crippen molar-refractivity contribution in [2.75, 3.05) is 0 Å².